The molecule has 1 amide bonds. The molecule has 0 spiro atoms. The van der Waals surface area contributed by atoms with Crippen molar-refractivity contribution in [2.24, 2.45) is 0 Å². The topological polar surface area (TPSA) is 47.6 Å². The monoisotopic (exact) mass is 253 g/mol. The highest BCUT2D eigenvalue weighted by Gasteiger charge is 2.20. The fourth-order valence-electron chi connectivity index (χ4n) is 1.75. The molecule has 4 heteroatoms. The lowest BCUT2D eigenvalue weighted by atomic mass is 10.2. The van der Waals surface area contributed by atoms with Gasteiger partial charge in [0, 0.05) is 5.70 Å². The van der Waals surface area contributed by atoms with Crippen LogP contribution < -0.4 is 5.32 Å². The highest BCUT2D eigenvalue weighted by molar-refractivity contribution is 5.70. The van der Waals surface area contributed by atoms with Gasteiger partial charge in [-0.1, -0.05) is 0 Å². The molecular weight excluding hydrogens is 230 g/mol. The van der Waals surface area contributed by atoms with Crippen LogP contribution in [-0.2, 0) is 9.47 Å². The first kappa shape index (κ1) is 14.6. The Balaban J connectivity index is 2.58. The van der Waals surface area contributed by atoms with Crippen molar-refractivity contribution in [2.75, 3.05) is 6.61 Å². The summed E-state index contributed by atoms with van der Waals surface area (Å²) in [4.78, 5) is 11.7. The molecule has 1 aliphatic carbocycles. The lowest BCUT2D eigenvalue weighted by molar-refractivity contribution is 0.0544. The molecule has 0 aromatic rings. The van der Waals surface area contributed by atoms with Crippen LogP contribution in [0, 0.1) is 0 Å². The molecule has 0 aromatic carbocycles. The highest BCUT2D eigenvalue weighted by Crippen LogP contribution is 2.25. The Hall–Kier alpha value is -1.45. The quantitative estimate of drug-likeness (QED) is 0.780. The van der Waals surface area contributed by atoms with Crippen molar-refractivity contribution in [3.63, 3.8) is 0 Å². The van der Waals surface area contributed by atoms with Gasteiger partial charge in [-0.15, -0.1) is 0 Å². The number of carbonyl (C=O) groups is 1. The number of amides is 1. The molecule has 1 N–H and O–H groups in total. The van der Waals surface area contributed by atoms with Gasteiger partial charge >= 0.3 is 6.09 Å². The third kappa shape index (κ3) is 5.25. The smallest absolute Gasteiger partial charge is 0.411 e. The van der Waals surface area contributed by atoms with E-state index >= 15 is 0 Å². The number of carbonyl (C=O) groups excluding carboxylic acids is 1. The summed E-state index contributed by atoms with van der Waals surface area (Å²) < 4.78 is 10.4. The summed E-state index contributed by atoms with van der Waals surface area (Å²) in [7, 11) is 0. The first-order valence-electron chi connectivity index (χ1n) is 6.42. The van der Waals surface area contributed by atoms with Gasteiger partial charge in [-0.25, -0.2) is 4.79 Å². The highest BCUT2D eigenvalue weighted by atomic mass is 16.6. The van der Waals surface area contributed by atoms with Crippen molar-refractivity contribution < 1.29 is 14.3 Å². The summed E-state index contributed by atoms with van der Waals surface area (Å²) in [5.74, 6) is 0. The van der Waals surface area contributed by atoms with Gasteiger partial charge in [-0.05, 0) is 58.6 Å². The minimum atomic E-state index is -0.468. The van der Waals surface area contributed by atoms with Crippen LogP contribution in [-0.4, -0.2) is 18.3 Å². The fourth-order valence-corrected chi connectivity index (χ4v) is 1.75. The van der Waals surface area contributed by atoms with Crippen molar-refractivity contribution in [3.8, 4) is 0 Å². The van der Waals surface area contributed by atoms with E-state index in [-0.39, 0.29) is 6.09 Å². The Morgan fingerprint density at radius 2 is 2.11 bits per heavy atom. The second-order valence-corrected chi connectivity index (χ2v) is 5.24. The molecule has 0 atom stereocenters. The van der Waals surface area contributed by atoms with Crippen molar-refractivity contribution in [3.05, 3.63) is 23.6 Å². The van der Waals surface area contributed by atoms with Crippen molar-refractivity contribution in [1.82, 2.24) is 5.32 Å². The van der Waals surface area contributed by atoms with Crippen LogP contribution >= 0.6 is 0 Å². The van der Waals surface area contributed by atoms with Gasteiger partial charge < -0.3 is 9.47 Å². The van der Waals surface area contributed by atoms with Gasteiger partial charge in [-0.2, -0.15) is 0 Å². The number of nitrogens with one attached hydrogen (secondary N) is 1. The normalized spacial score (nSPS) is 16.2. The molecule has 4 nitrogen and oxygen atoms in total. The predicted octanol–water partition coefficient (Wildman–Crippen LogP) is 3.50. The Bertz CT molecular complexity index is 351. The van der Waals surface area contributed by atoms with E-state index in [9.17, 15) is 4.79 Å². The van der Waals surface area contributed by atoms with Gasteiger partial charge in [-0.3, -0.25) is 5.32 Å². The zero-order valence-corrected chi connectivity index (χ0v) is 11.7. The summed E-state index contributed by atoms with van der Waals surface area (Å²) >= 11 is 0. The third-order valence-electron chi connectivity index (χ3n) is 2.44. The third-order valence-corrected chi connectivity index (χ3v) is 2.44. The molecule has 0 saturated carbocycles. The van der Waals surface area contributed by atoms with Crippen molar-refractivity contribution in [1.29, 1.82) is 0 Å². The van der Waals surface area contributed by atoms with E-state index in [0.717, 1.165) is 30.5 Å². The first-order chi connectivity index (χ1) is 8.42. The van der Waals surface area contributed by atoms with Crippen LogP contribution in [0.1, 0.15) is 47.0 Å². The van der Waals surface area contributed by atoms with Crippen LogP contribution in [0.4, 0.5) is 4.79 Å². The number of alkyl carbamates (subject to hydrolysis) is 1. The zero-order chi connectivity index (χ0) is 13.6. The molecule has 1 rings (SSSR count). The van der Waals surface area contributed by atoms with E-state index in [0.29, 0.717) is 6.61 Å². The maximum Gasteiger partial charge on any atom is 0.411 e. The molecular formula is C14H23NO3. The molecule has 18 heavy (non-hydrogen) atoms. The molecule has 0 radical (unpaired) electrons. The fraction of sp³-hybridized carbons (Fsp3) is 0.643. The van der Waals surface area contributed by atoms with Crippen LogP contribution in [0.3, 0.4) is 0 Å². The van der Waals surface area contributed by atoms with Crippen LogP contribution in [0.5, 0.6) is 0 Å². The molecule has 0 unspecified atom stereocenters. The SMILES string of the molecule is CCO/C=C/C1=C(NC(=O)OC(C)(C)C)CCC1. The lowest BCUT2D eigenvalue weighted by Crippen LogP contribution is -2.32. The van der Waals surface area contributed by atoms with E-state index < -0.39 is 5.60 Å². The number of ether oxygens (including phenoxy) is 2. The average molecular weight is 253 g/mol. The molecule has 0 bridgehead atoms. The standard InChI is InChI=1S/C14H23NO3/c1-5-17-10-9-11-7-6-8-12(11)15-13(16)18-14(2,3)4/h9-10H,5-8H2,1-4H3,(H,15,16)/b10-9+. The summed E-state index contributed by atoms with van der Waals surface area (Å²) in [6, 6.07) is 0. The Labute approximate surface area is 109 Å². The van der Waals surface area contributed by atoms with Gasteiger partial charge in [0.25, 0.3) is 0 Å². The number of hydrogen-bond acceptors (Lipinski definition) is 3. The molecule has 102 valence electrons. The molecule has 0 heterocycles. The van der Waals surface area contributed by atoms with Gasteiger partial charge in [0.15, 0.2) is 0 Å². The Morgan fingerprint density at radius 3 is 2.72 bits per heavy atom. The zero-order valence-electron chi connectivity index (χ0n) is 11.7. The average Bonchev–Trinajstić information content (AvgIpc) is 2.63. The van der Waals surface area contributed by atoms with E-state index in [4.69, 9.17) is 9.47 Å². The van der Waals surface area contributed by atoms with E-state index in [1.54, 1.807) is 6.26 Å². The molecule has 0 aliphatic heterocycles. The van der Waals surface area contributed by atoms with Crippen LogP contribution in [0.2, 0.25) is 0 Å². The summed E-state index contributed by atoms with van der Waals surface area (Å²) in [5.41, 5.74) is 1.60. The molecule has 0 fully saturated rings. The van der Waals surface area contributed by atoms with E-state index in [1.807, 2.05) is 33.8 Å². The largest absolute Gasteiger partial charge is 0.501 e. The van der Waals surface area contributed by atoms with Crippen LogP contribution in [0.25, 0.3) is 0 Å². The molecule has 0 aromatic heterocycles. The molecule has 1 aliphatic rings. The van der Waals surface area contributed by atoms with Gasteiger partial charge in [0.05, 0.1) is 12.9 Å². The van der Waals surface area contributed by atoms with Gasteiger partial charge in [0.2, 0.25) is 0 Å². The lowest BCUT2D eigenvalue weighted by Gasteiger charge is -2.20. The van der Waals surface area contributed by atoms with Gasteiger partial charge in [0.1, 0.15) is 5.60 Å². The number of rotatable bonds is 4. The van der Waals surface area contributed by atoms with Crippen LogP contribution in [0.15, 0.2) is 23.6 Å². The van der Waals surface area contributed by atoms with Crippen molar-refractivity contribution >= 4 is 6.09 Å². The van der Waals surface area contributed by atoms with E-state index in [1.165, 1.54) is 0 Å². The second-order valence-electron chi connectivity index (χ2n) is 5.24. The minimum Gasteiger partial charge on any atom is -0.501 e. The summed E-state index contributed by atoms with van der Waals surface area (Å²) in [5, 5.41) is 2.82. The second kappa shape index (κ2) is 6.47. The maximum atomic E-state index is 11.7. The summed E-state index contributed by atoms with van der Waals surface area (Å²) in [6.07, 6.45) is 6.11. The Kier molecular flexibility index (Phi) is 5.25. The maximum absolute atomic E-state index is 11.7. The molecule has 0 saturated heterocycles. The summed E-state index contributed by atoms with van der Waals surface area (Å²) in [6.45, 7) is 8.15. The first-order valence-corrected chi connectivity index (χ1v) is 6.42. The number of allylic oxidation sites excluding steroid dienone is 3. The van der Waals surface area contributed by atoms with E-state index in [2.05, 4.69) is 5.32 Å². The minimum absolute atomic E-state index is 0.387. The predicted molar refractivity (Wildman–Crippen MR) is 71.0 cm³/mol. The number of hydrogen-bond donors (Lipinski definition) is 1. The Morgan fingerprint density at radius 1 is 1.39 bits per heavy atom. The van der Waals surface area contributed by atoms with Crippen molar-refractivity contribution in [2.45, 2.75) is 52.6 Å².